The Balaban J connectivity index is 2.21. The Bertz CT molecular complexity index is 662. The minimum absolute atomic E-state index is 0.00742. The Morgan fingerprint density at radius 3 is 2.60 bits per heavy atom. The maximum absolute atomic E-state index is 11.9. The van der Waals surface area contributed by atoms with Crippen molar-refractivity contribution in [3.63, 3.8) is 0 Å². The topological polar surface area (TPSA) is 64.1 Å². The maximum atomic E-state index is 11.9. The van der Waals surface area contributed by atoms with E-state index in [1.165, 1.54) is 6.07 Å². The second-order valence-corrected chi connectivity index (χ2v) is 4.84. The van der Waals surface area contributed by atoms with E-state index in [0.29, 0.717) is 0 Å². The normalized spacial score (nSPS) is 11.7. The van der Waals surface area contributed by atoms with E-state index in [-0.39, 0.29) is 26.8 Å². The summed E-state index contributed by atoms with van der Waals surface area (Å²) in [5, 5.41) is 2.32. The number of carbonyl (C=O) groups is 1. The second kappa shape index (κ2) is 5.58. The number of hydrogen-bond donors (Lipinski definition) is 1. The van der Waals surface area contributed by atoms with Crippen LogP contribution in [0.3, 0.4) is 0 Å². The zero-order valence-corrected chi connectivity index (χ0v) is 11.6. The summed E-state index contributed by atoms with van der Waals surface area (Å²) in [6.45, 7) is -1.71. The number of carbonyl (C=O) groups excluding carboxylic acids is 1. The third-order valence-electron chi connectivity index (χ3n) is 2.04. The summed E-state index contributed by atoms with van der Waals surface area (Å²) in [7, 11) is 0. The summed E-state index contributed by atoms with van der Waals surface area (Å²) >= 11 is 12.5. The SMILES string of the molecule is O=C(Nc1c(Cl)cc(Cl)c2nsnc12)OCC(F)(F)F. The zero-order chi connectivity index (χ0) is 14.9. The highest BCUT2D eigenvalue weighted by Gasteiger charge is 2.30. The molecule has 1 amide bonds. The summed E-state index contributed by atoms with van der Waals surface area (Å²) < 4.78 is 47.5. The molecule has 0 atom stereocenters. The molecule has 0 fully saturated rings. The average Bonchev–Trinajstić information content (AvgIpc) is 2.80. The number of anilines is 1. The van der Waals surface area contributed by atoms with Crippen LogP contribution in [0.5, 0.6) is 0 Å². The second-order valence-electron chi connectivity index (χ2n) is 3.49. The van der Waals surface area contributed by atoms with Crippen molar-refractivity contribution in [2.45, 2.75) is 6.18 Å². The minimum atomic E-state index is -4.61. The first kappa shape index (κ1) is 15.1. The molecule has 5 nitrogen and oxygen atoms in total. The standard InChI is InChI=1S/C9H4Cl2F3N3O2S/c10-3-1-4(11)6-7(17-20-16-6)5(3)15-8(18)19-2-9(12,13)14/h1H,2H2,(H,15,18). The molecule has 2 aromatic rings. The Morgan fingerprint density at radius 2 is 1.95 bits per heavy atom. The van der Waals surface area contributed by atoms with Gasteiger partial charge in [0.2, 0.25) is 0 Å². The van der Waals surface area contributed by atoms with Gasteiger partial charge in [-0.25, -0.2) is 4.79 Å². The monoisotopic (exact) mass is 345 g/mol. The van der Waals surface area contributed by atoms with Crippen LogP contribution in [0.25, 0.3) is 11.0 Å². The zero-order valence-electron chi connectivity index (χ0n) is 9.29. The first-order valence-corrected chi connectivity index (χ1v) is 6.37. The largest absolute Gasteiger partial charge is 0.440 e. The lowest BCUT2D eigenvalue weighted by atomic mass is 10.2. The van der Waals surface area contributed by atoms with E-state index in [1.807, 2.05) is 0 Å². The fraction of sp³-hybridized carbons (Fsp3) is 0.222. The van der Waals surface area contributed by atoms with Crippen molar-refractivity contribution >= 4 is 57.7 Å². The first-order valence-electron chi connectivity index (χ1n) is 4.89. The minimum Gasteiger partial charge on any atom is -0.440 e. The number of rotatable bonds is 2. The Labute approximate surface area is 123 Å². The summed E-state index contributed by atoms with van der Waals surface area (Å²) in [6.07, 6.45) is -5.92. The van der Waals surface area contributed by atoms with Crippen LogP contribution >= 0.6 is 34.9 Å². The molecule has 0 aliphatic heterocycles. The Kier molecular flexibility index (Phi) is 4.21. The van der Waals surface area contributed by atoms with Crippen LogP contribution in [-0.4, -0.2) is 27.6 Å². The third-order valence-corrected chi connectivity index (χ3v) is 3.15. The van der Waals surface area contributed by atoms with Gasteiger partial charge in [-0.3, -0.25) is 5.32 Å². The van der Waals surface area contributed by atoms with Gasteiger partial charge in [-0.2, -0.15) is 21.9 Å². The van der Waals surface area contributed by atoms with Gasteiger partial charge in [0.15, 0.2) is 6.61 Å². The maximum Gasteiger partial charge on any atom is 0.422 e. The molecule has 1 aromatic carbocycles. The van der Waals surface area contributed by atoms with Crippen molar-refractivity contribution in [3.05, 3.63) is 16.1 Å². The number of alkyl halides is 3. The first-order chi connectivity index (χ1) is 9.28. The summed E-state index contributed by atoms with van der Waals surface area (Å²) in [6, 6.07) is 1.30. The van der Waals surface area contributed by atoms with Crippen molar-refractivity contribution in [3.8, 4) is 0 Å². The van der Waals surface area contributed by atoms with Crippen LogP contribution in [0, 0.1) is 0 Å². The van der Waals surface area contributed by atoms with Crippen LogP contribution in [0.2, 0.25) is 10.0 Å². The molecule has 108 valence electrons. The number of nitrogens with one attached hydrogen (secondary N) is 1. The number of ether oxygens (including phenoxy) is 1. The molecule has 0 aliphatic rings. The van der Waals surface area contributed by atoms with Gasteiger partial charge in [-0.15, -0.1) is 0 Å². The van der Waals surface area contributed by atoms with Gasteiger partial charge in [0.1, 0.15) is 11.0 Å². The lowest BCUT2D eigenvalue weighted by Gasteiger charge is -2.10. The van der Waals surface area contributed by atoms with Gasteiger partial charge in [0, 0.05) is 0 Å². The predicted octanol–water partition coefficient (Wildman–Crippen LogP) is 4.11. The molecule has 0 unspecified atom stereocenters. The van der Waals surface area contributed by atoms with Crippen molar-refractivity contribution < 1.29 is 22.7 Å². The van der Waals surface area contributed by atoms with E-state index < -0.39 is 18.9 Å². The molecule has 0 bridgehead atoms. The third kappa shape index (κ3) is 3.41. The highest BCUT2D eigenvalue weighted by atomic mass is 35.5. The molecule has 1 N–H and O–H groups in total. The van der Waals surface area contributed by atoms with Crippen LogP contribution in [0.1, 0.15) is 0 Å². The van der Waals surface area contributed by atoms with Gasteiger partial charge in [-0.05, 0) is 6.07 Å². The van der Waals surface area contributed by atoms with Crippen molar-refractivity contribution in [1.82, 2.24) is 8.75 Å². The lowest BCUT2D eigenvalue weighted by molar-refractivity contribution is -0.159. The van der Waals surface area contributed by atoms with Crippen molar-refractivity contribution in [2.24, 2.45) is 0 Å². The molecule has 0 saturated heterocycles. The van der Waals surface area contributed by atoms with Gasteiger partial charge in [0.25, 0.3) is 0 Å². The predicted molar refractivity (Wildman–Crippen MR) is 68.5 cm³/mol. The smallest absolute Gasteiger partial charge is 0.422 e. The highest BCUT2D eigenvalue weighted by molar-refractivity contribution is 7.00. The van der Waals surface area contributed by atoms with Gasteiger partial charge >= 0.3 is 12.3 Å². The van der Waals surface area contributed by atoms with Gasteiger partial charge < -0.3 is 4.74 Å². The number of benzene rings is 1. The molecule has 0 spiro atoms. The molecule has 2 rings (SSSR count). The lowest BCUT2D eigenvalue weighted by Crippen LogP contribution is -2.23. The van der Waals surface area contributed by atoms with E-state index in [1.54, 1.807) is 0 Å². The Morgan fingerprint density at radius 1 is 1.30 bits per heavy atom. The van der Waals surface area contributed by atoms with E-state index >= 15 is 0 Å². The molecule has 0 saturated carbocycles. The number of halogens is 5. The Hall–Kier alpha value is -1.32. The number of aromatic nitrogens is 2. The van der Waals surface area contributed by atoms with Crippen LogP contribution < -0.4 is 5.32 Å². The van der Waals surface area contributed by atoms with Gasteiger partial charge in [-0.1, -0.05) is 23.2 Å². The number of amides is 1. The van der Waals surface area contributed by atoms with Crippen molar-refractivity contribution in [2.75, 3.05) is 11.9 Å². The highest BCUT2D eigenvalue weighted by Crippen LogP contribution is 2.35. The van der Waals surface area contributed by atoms with E-state index in [9.17, 15) is 18.0 Å². The molecule has 11 heteroatoms. The number of fused-ring (bicyclic) bond motifs is 1. The summed E-state index contributed by atoms with van der Waals surface area (Å²) in [5.41, 5.74) is 0.454. The van der Waals surface area contributed by atoms with E-state index in [4.69, 9.17) is 23.2 Å². The molecule has 1 heterocycles. The van der Waals surface area contributed by atoms with E-state index in [2.05, 4.69) is 18.8 Å². The molecular formula is C9H4Cl2F3N3O2S. The fourth-order valence-electron chi connectivity index (χ4n) is 1.28. The van der Waals surface area contributed by atoms with Crippen LogP contribution in [-0.2, 0) is 4.74 Å². The molecule has 1 aromatic heterocycles. The molecule has 0 aliphatic carbocycles. The van der Waals surface area contributed by atoms with Crippen LogP contribution in [0.15, 0.2) is 6.07 Å². The quantitative estimate of drug-likeness (QED) is 0.889. The fourth-order valence-corrected chi connectivity index (χ4v) is 2.44. The molecule has 20 heavy (non-hydrogen) atoms. The molecular weight excluding hydrogens is 342 g/mol. The van der Waals surface area contributed by atoms with E-state index in [0.717, 1.165) is 11.7 Å². The summed E-state index contributed by atoms with van der Waals surface area (Å²) in [5.74, 6) is 0. The van der Waals surface area contributed by atoms with Gasteiger partial charge in [0.05, 0.1) is 27.5 Å². The number of nitrogens with zero attached hydrogens (tertiary/aromatic N) is 2. The summed E-state index contributed by atoms with van der Waals surface area (Å²) in [4.78, 5) is 11.3. The number of hydrogen-bond acceptors (Lipinski definition) is 5. The van der Waals surface area contributed by atoms with Crippen LogP contribution in [0.4, 0.5) is 23.7 Å². The molecule has 0 radical (unpaired) electrons. The average molecular weight is 346 g/mol. The van der Waals surface area contributed by atoms with Crippen molar-refractivity contribution in [1.29, 1.82) is 0 Å².